The van der Waals surface area contributed by atoms with Crippen LogP contribution in [0.15, 0.2) is 28.7 Å². The lowest BCUT2D eigenvalue weighted by Crippen LogP contribution is -2.38. The maximum atomic E-state index is 12.4. The number of carbonyl (C=O) groups excluding carboxylic acids is 1. The van der Waals surface area contributed by atoms with Crippen LogP contribution in [-0.2, 0) is 11.2 Å². The van der Waals surface area contributed by atoms with Crippen molar-refractivity contribution in [3.05, 3.63) is 41.3 Å². The van der Waals surface area contributed by atoms with Crippen LogP contribution in [0.3, 0.4) is 0 Å². The molecule has 1 unspecified atom stereocenters. The van der Waals surface area contributed by atoms with E-state index in [4.69, 9.17) is 4.42 Å². The number of carbonyl (C=O) groups is 1. The van der Waals surface area contributed by atoms with Gasteiger partial charge < -0.3 is 9.73 Å². The molecule has 1 aliphatic heterocycles. The van der Waals surface area contributed by atoms with Crippen molar-refractivity contribution in [2.45, 2.75) is 31.2 Å². The molecule has 4 rings (SSSR count). The second-order valence-corrected chi connectivity index (χ2v) is 5.54. The number of hydrogen-bond acceptors (Lipinski definition) is 5. The van der Waals surface area contributed by atoms with E-state index in [0.29, 0.717) is 11.8 Å². The second kappa shape index (κ2) is 4.96. The van der Waals surface area contributed by atoms with E-state index in [-0.39, 0.29) is 18.0 Å². The first-order valence-corrected chi connectivity index (χ1v) is 7.27. The zero-order valence-corrected chi connectivity index (χ0v) is 11.5. The van der Waals surface area contributed by atoms with Crippen LogP contribution in [0.2, 0.25) is 0 Å². The van der Waals surface area contributed by atoms with Crippen LogP contribution in [0.5, 0.6) is 0 Å². The van der Waals surface area contributed by atoms with Gasteiger partial charge in [0.2, 0.25) is 11.8 Å². The number of nitrogens with one attached hydrogen (secondary N) is 2. The van der Waals surface area contributed by atoms with E-state index >= 15 is 0 Å². The van der Waals surface area contributed by atoms with Crippen molar-refractivity contribution in [2.75, 3.05) is 11.9 Å². The van der Waals surface area contributed by atoms with Crippen LogP contribution < -0.4 is 10.6 Å². The SMILES string of the molecule is O=C(Nc1nnc(C2CC2)o1)C1NCCc2ccccc21. The second-order valence-electron chi connectivity index (χ2n) is 5.54. The Labute approximate surface area is 121 Å². The molecule has 108 valence electrons. The average molecular weight is 284 g/mol. The largest absolute Gasteiger partial charge is 0.408 e. The lowest BCUT2D eigenvalue weighted by atomic mass is 9.94. The summed E-state index contributed by atoms with van der Waals surface area (Å²) in [5.74, 6) is 0.854. The molecule has 1 aromatic carbocycles. The van der Waals surface area contributed by atoms with Crippen molar-refractivity contribution in [3.63, 3.8) is 0 Å². The van der Waals surface area contributed by atoms with Crippen LogP contribution in [0.4, 0.5) is 6.01 Å². The fraction of sp³-hybridized carbons (Fsp3) is 0.400. The van der Waals surface area contributed by atoms with Crippen molar-refractivity contribution in [1.29, 1.82) is 0 Å². The number of fused-ring (bicyclic) bond motifs is 1. The fourth-order valence-electron chi connectivity index (χ4n) is 2.70. The number of hydrogen-bond donors (Lipinski definition) is 2. The van der Waals surface area contributed by atoms with Crippen LogP contribution in [0, 0.1) is 0 Å². The topological polar surface area (TPSA) is 80.1 Å². The summed E-state index contributed by atoms with van der Waals surface area (Å²) in [4.78, 5) is 12.4. The van der Waals surface area contributed by atoms with E-state index in [1.165, 1.54) is 5.56 Å². The van der Waals surface area contributed by atoms with Gasteiger partial charge in [-0.3, -0.25) is 10.1 Å². The van der Waals surface area contributed by atoms with Gasteiger partial charge >= 0.3 is 6.01 Å². The Kier molecular flexibility index (Phi) is 2.96. The quantitative estimate of drug-likeness (QED) is 0.898. The number of anilines is 1. The lowest BCUT2D eigenvalue weighted by molar-refractivity contribution is -0.118. The Bertz CT molecular complexity index is 678. The van der Waals surface area contributed by atoms with Gasteiger partial charge in [-0.15, -0.1) is 5.10 Å². The molecule has 1 aliphatic carbocycles. The van der Waals surface area contributed by atoms with Crippen LogP contribution >= 0.6 is 0 Å². The summed E-state index contributed by atoms with van der Waals surface area (Å²) in [6.45, 7) is 0.784. The molecule has 6 heteroatoms. The van der Waals surface area contributed by atoms with Gasteiger partial charge in [0, 0.05) is 12.5 Å². The van der Waals surface area contributed by atoms with E-state index in [0.717, 1.165) is 31.4 Å². The first kappa shape index (κ1) is 12.5. The highest BCUT2D eigenvalue weighted by Crippen LogP contribution is 2.39. The predicted molar refractivity (Wildman–Crippen MR) is 75.8 cm³/mol. The van der Waals surface area contributed by atoms with Crippen molar-refractivity contribution < 1.29 is 9.21 Å². The van der Waals surface area contributed by atoms with E-state index in [1.807, 2.05) is 18.2 Å². The minimum atomic E-state index is -0.369. The van der Waals surface area contributed by atoms with Gasteiger partial charge in [-0.05, 0) is 30.4 Å². The van der Waals surface area contributed by atoms with Crippen molar-refractivity contribution in [1.82, 2.24) is 15.5 Å². The Morgan fingerprint density at radius 2 is 2.14 bits per heavy atom. The maximum absolute atomic E-state index is 12.4. The zero-order chi connectivity index (χ0) is 14.2. The van der Waals surface area contributed by atoms with Crippen molar-refractivity contribution >= 4 is 11.9 Å². The fourth-order valence-corrected chi connectivity index (χ4v) is 2.70. The van der Waals surface area contributed by atoms with Crippen molar-refractivity contribution in [2.24, 2.45) is 0 Å². The normalized spacial score (nSPS) is 20.9. The van der Waals surface area contributed by atoms with Gasteiger partial charge in [-0.25, -0.2) is 0 Å². The Hall–Kier alpha value is -2.21. The summed E-state index contributed by atoms with van der Waals surface area (Å²) in [7, 11) is 0. The number of benzene rings is 1. The highest BCUT2D eigenvalue weighted by molar-refractivity contribution is 5.94. The molecule has 2 heterocycles. The molecule has 1 saturated carbocycles. The third kappa shape index (κ3) is 2.42. The van der Waals surface area contributed by atoms with Gasteiger partial charge in [0.05, 0.1) is 0 Å². The molecule has 1 amide bonds. The van der Waals surface area contributed by atoms with E-state index in [1.54, 1.807) is 0 Å². The molecule has 1 atom stereocenters. The van der Waals surface area contributed by atoms with Crippen LogP contribution in [0.1, 0.15) is 41.8 Å². The highest BCUT2D eigenvalue weighted by atomic mass is 16.4. The summed E-state index contributed by atoms with van der Waals surface area (Å²) in [6.07, 6.45) is 3.12. The molecule has 1 fully saturated rings. The molecular formula is C15H16N4O2. The van der Waals surface area contributed by atoms with Crippen molar-refractivity contribution in [3.8, 4) is 0 Å². The van der Waals surface area contributed by atoms with E-state index in [2.05, 4.69) is 26.9 Å². The Morgan fingerprint density at radius 3 is 3.00 bits per heavy atom. The number of rotatable bonds is 3. The molecule has 0 saturated heterocycles. The van der Waals surface area contributed by atoms with Gasteiger partial charge in [-0.1, -0.05) is 29.4 Å². The molecule has 2 aromatic rings. The van der Waals surface area contributed by atoms with Crippen LogP contribution in [-0.4, -0.2) is 22.6 Å². The molecular weight excluding hydrogens is 268 g/mol. The average Bonchev–Trinajstić information content (AvgIpc) is 3.27. The number of amides is 1. The monoisotopic (exact) mass is 284 g/mol. The number of aromatic nitrogens is 2. The summed E-state index contributed by atoms with van der Waals surface area (Å²) < 4.78 is 5.48. The lowest BCUT2D eigenvalue weighted by Gasteiger charge is -2.25. The summed E-state index contributed by atoms with van der Waals surface area (Å²) >= 11 is 0. The molecule has 2 aliphatic rings. The summed E-state index contributed by atoms with van der Waals surface area (Å²) in [6, 6.07) is 7.81. The standard InChI is InChI=1S/C15H16N4O2/c20-13(17-15-19-18-14(21-15)10-5-6-10)12-11-4-2-1-3-9(11)7-8-16-12/h1-4,10,12,16H,5-8H2,(H,17,19,20). The third-order valence-electron chi connectivity index (χ3n) is 3.97. The van der Waals surface area contributed by atoms with Gasteiger partial charge in [0.1, 0.15) is 6.04 Å². The minimum Gasteiger partial charge on any atom is -0.408 e. The molecule has 2 N–H and O–H groups in total. The summed E-state index contributed by atoms with van der Waals surface area (Å²) in [5, 5.41) is 13.8. The molecule has 0 radical (unpaired) electrons. The van der Waals surface area contributed by atoms with Gasteiger partial charge in [0.25, 0.3) is 0 Å². The van der Waals surface area contributed by atoms with Gasteiger partial charge in [0.15, 0.2) is 0 Å². The zero-order valence-electron chi connectivity index (χ0n) is 11.5. The molecule has 0 bridgehead atoms. The first-order valence-electron chi connectivity index (χ1n) is 7.27. The first-order chi connectivity index (χ1) is 10.3. The molecule has 0 spiro atoms. The van der Waals surface area contributed by atoms with E-state index in [9.17, 15) is 4.79 Å². The summed E-state index contributed by atoms with van der Waals surface area (Å²) in [5.41, 5.74) is 2.23. The molecule has 6 nitrogen and oxygen atoms in total. The highest BCUT2D eigenvalue weighted by Gasteiger charge is 2.31. The van der Waals surface area contributed by atoms with E-state index < -0.39 is 0 Å². The Balaban J connectivity index is 1.52. The maximum Gasteiger partial charge on any atom is 0.322 e. The Morgan fingerprint density at radius 1 is 1.29 bits per heavy atom. The van der Waals surface area contributed by atoms with Gasteiger partial charge in [-0.2, -0.15) is 0 Å². The molecule has 21 heavy (non-hydrogen) atoms. The smallest absolute Gasteiger partial charge is 0.322 e. The number of nitrogens with zero attached hydrogens (tertiary/aromatic N) is 2. The predicted octanol–water partition coefficient (Wildman–Crippen LogP) is 1.77. The van der Waals surface area contributed by atoms with Crippen LogP contribution in [0.25, 0.3) is 0 Å². The minimum absolute atomic E-state index is 0.159. The molecule has 1 aromatic heterocycles. The third-order valence-corrected chi connectivity index (χ3v) is 3.97.